The van der Waals surface area contributed by atoms with Crippen LogP contribution in [0.25, 0.3) is 10.4 Å². The minimum atomic E-state index is -0.507. The van der Waals surface area contributed by atoms with E-state index in [9.17, 15) is 4.79 Å². The van der Waals surface area contributed by atoms with Crippen LogP contribution in [-0.2, 0) is 4.74 Å². The number of azide groups is 1. The zero-order valence-electron chi connectivity index (χ0n) is 9.89. The highest BCUT2D eigenvalue weighted by Crippen LogP contribution is 2.09. The Morgan fingerprint density at radius 3 is 2.53 bits per heavy atom. The van der Waals surface area contributed by atoms with Crippen LogP contribution in [-0.4, -0.2) is 36.2 Å². The molecule has 1 amide bonds. The summed E-state index contributed by atoms with van der Waals surface area (Å²) in [5, 5.41) is 3.47. The normalized spacial score (nSPS) is 12.6. The van der Waals surface area contributed by atoms with E-state index >= 15 is 0 Å². The molecule has 0 aromatic carbocycles. The van der Waals surface area contributed by atoms with Gasteiger partial charge in [-0.05, 0) is 26.3 Å². The smallest absolute Gasteiger partial charge is 0.410 e. The van der Waals surface area contributed by atoms with Gasteiger partial charge >= 0.3 is 6.09 Å². The Kier molecular flexibility index (Phi) is 4.94. The van der Waals surface area contributed by atoms with Crippen molar-refractivity contribution in [3.8, 4) is 0 Å². The Hall–Kier alpha value is -1.42. The molecule has 1 atom stereocenters. The number of hydrogen-bond acceptors (Lipinski definition) is 3. The van der Waals surface area contributed by atoms with Gasteiger partial charge < -0.3 is 9.64 Å². The van der Waals surface area contributed by atoms with Gasteiger partial charge in [0.05, 0.1) is 6.04 Å². The molecular weight excluding hydrogens is 196 g/mol. The Morgan fingerprint density at radius 2 is 2.13 bits per heavy atom. The predicted molar refractivity (Wildman–Crippen MR) is 57.5 cm³/mol. The first-order valence-electron chi connectivity index (χ1n) is 4.74. The zero-order valence-corrected chi connectivity index (χ0v) is 9.89. The van der Waals surface area contributed by atoms with E-state index in [0.29, 0.717) is 6.54 Å². The number of ether oxygens (including phenoxy) is 1. The zero-order chi connectivity index (χ0) is 12.1. The molecule has 0 aromatic rings. The van der Waals surface area contributed by atoms with Crippen LogP contribution in [0.4, 0.5) is 4.79 Å². The van der Waals surface area contributed by atoms with Crippen molar-refractivity contribution < 1.29 is 9.53 Å². The lowest BCUT2D eigenvalue weighted by atomic mass is 10.2. The summed E-state index contributed by atoms with van der Waals surface area (Å²) < 4.78 is 5.13. The van der Waals surface area contributed by atoms with E-state index in [1.807, 2.05) is 0 Å². The number of hydrogen-bond donors (Lipinski definition) is 0. The molecule has 0 bridgehead atoms. The Balaban J connectivity index is 4.16. The van der Waals surface area contributed by atoms with Gasteiger partial charge in [-0.1, -0.05) is 12.0 Å². The van der Waals surface area contributed by atoms with Gasteiger partial charge in [-0.25, -0.2) is 4.79 Å². The second kappa shape index (κ2) is 5.46. The summed E-state index contributed by atoms with van der Waals surface area (Å²) in [5.74, 6) is 0. The molecule has 0 rings (SSSR count). The molecule has 6 heteroatoms. The van der Waals surface area contributed by atoms with Crippen LogP contribution in [0.15, 0.2) is 5.11 Å². The maximum Gasteiger partial charge on any atom is 0.410 e. The third-order valence-electron chi connectivity index (χ3n) is 1.49. The molecule has 0 spiro atoms. The van der Waals surface area contributed by atoms with Crippen LogP contribution in [0.1, 0.15) is 27.7 Å². The Bertz CT molecular complexity index is 266. The number of rotatable bonds is 3. The fraction of sp³-hybridized carbons (Fsp3) is 0.889. The summed E-state index contributed by atoms with van der Waals surface area (Å²) in [6.07, 6.45) is -0.414. The third kappa shape index (κ3) is 6.62. The standard InChI is InChI=1S/C9H18N4O2/c1-7(11-12-10)6-13(5)8(14)15-9(2,3)4/h7H,6H2,1-5H3. The van der Waals surface area contributed by atoms with E-state index in [1.165, 1.54) is 4.90 Å². The largest absolute Gasteiger partial charge is 0.444 e. The lowest BCUT2D eigenvalue weighted by molar-refractivity contribution is 0.0292. The van der Waals surface area contributed by atoms with Crippen LogP contribution in [0.5, 0.6) is 0 Å². The van der Waals surface area contributed by atoms with Crippen molar-refractivity contribution in [2.45, 2.75) is 39.3 Å². The summed E-state index contributed by atoms with van der Waals surface area (Å²) in [5.41, 5.74) is 7.69. The Morgan fingerprint density at radius 1 is 1.60 bits per heavy atom. The molecule has 0 aromatic heterocycles. The first kappa shape index (κ1) is 13.6. The molecule has 0 aliphatic rings. The average Bonchev–Trinajstić information content (AvgIpc) is 2.00. The first-order valence-corrected chi connectivity index (χ1v) is 4.74. The number of amides is 1. The highest BCUT2D eigenvalue weighted by Gasteiger charge is 2.20. The van der Waals surface area contributed by atoms with E-state index in [4.69, 9.17) is 10.3 Å². The molecular formula is C9H18N4O2. The number of carbonyl (C=O) groups excluding carboxylic acids is 1. The summed E-state index contributed by atoms with van der Waals surface area (Å²) in [4.78, 5) is 15.5. The van der Waals surface area contributed by atoms with Crippen molar-refractivity contribution in [2.75, 3.05) is 13.6 Å². The second-order valence-corrected chi connectivity index (χ2v) is 4.41. The van der Waals surface area contributed by atoms with Crippen molar-refractivity contribution in [3.05, 3.63) is 10.4 Å². The molecule has 0 saturated carbocycles. The van der Waals surface area contributed by atoms with Crippen LogP contribution < -0.4 is 0 Å². The van der Waals surface area contributed by atoms with E-state index in [2.05, 4.69) is 10.0 Å². The van der Waals surface area contributed by atoms with Crippen molar-refractivity contribution >= 4 is 6.09 Å². The lowest BCUT2D eigenvalue weighted by Gasteiger charge is -2.25. The van der Waals surface area contributed by atoms with Gasteiger partial charge in [0, 0.05) is 18.5 Å². The van der Waals surface area contributed by atoms with Crippen molar-refractivity contribution in [2.24, 2.45) is 5.11 Å². The fourth-order valence-electron chi connectivity index (χ4n) is 0.935. The molecule has 0 heterocycles. The van der Waals surface area contributed by atoms with Crippen LogP contribution >= 0.6 is 0 Å². The fourth-order valence-corrected chi connectivity index (χ4v) is 0.935. The van der Waals surface area contributed by atoms with Gasteiger partial charge in [0.25, 0.3) is 0 Å². The molecule has 0 saturated heterocycles. The molecule has 0 N–H and O–H groups in total. The second-order valence-electron chi connectivity index (χ2n) is 4.41. The topological polar surface area (TPSA) is 78.3 Å². The van der Waals surface area contributed by atoms with Gasteiger partial charge in [0.15, 0.2) is 0 Å². The SMILES string of the molecule is CC(CN(C)C(=O)OC(C)(C)C)N=[N+]=[N-]. The van der Waals surface area contributed by atoms with Crippen molar-refractivity contribution in [3.63, 3.8) is 0 Å². The summed E-state index contributed by atoms with van der Waals surface area (Å²) in [6, 6.07) is -0.257. The van der Waals surface area contributed by atoms with Crippen LogP contribution in [0, 0.1) is 0 Å². The summed E-state index contributed by atoms with van der Waals surface area (Å²) in [6.45, 7) is 7.49. The molecule has 0 aliphatic carbocycles. The van der Waals surface area contributed by atoms with E-state index in [1.54, 1.807) is 34.7 Å². The maximum absolute atomic E-state index is 11.5. The molecule has 0 aliphatic heterocycles. The third-order valence-corrected chi connectivity index (χ3v) is 1.49. The number of likely N-dealkylation sites (N-methyl/N-ethyl adjacent to an activating group) is 1. The van der Waals surface area contributed by atoms with Crippen LogP contribution in [0.2, 0.25) is 0 Å². The van der Waals surface area contributed by atoms with Crippen molar-refractivity contribution in [1.29, 1.82) is 0 Å². The predicted octanol–water partition coefficient (Wildman–Crippen LogP) is 2.55. The van der Waals surface area contributed by atoms with Gasteiger partial charge in [0.2, 0.25) is 0 Å². The van der Waals surface area contributed by atoms with Gasteiger partial charge in [-0.15, -0.1) is 0 Å². The molecule has 0 radical (unpaired) electrons. The summed E-state index contributed by atoms with van der Waals surface area (Å²) >= 11 is 0. The van der Waals surface area contributed by atoms with E-state index < -0.39 is 11.7 Å². The number of nitrogens with zero attached hydrogens (tertiary/aromatic N) is 4. The quantitative estimate of drug-likeness (QED) is 0.411. The highest BCUT2D eigenvalue weighted by molar-refractivity contribution is 5.67. The van der Waals surface area contributed by atoms with Gasteiger partial charge in [-0.3, -0.25) is 0 Å². The first-order chi connectivity index (χ1) is 6.76. The van der Waals surface area contributed by atoms with Crippen molar-refractivity contribution in [1.82, 2.24) is 4.90 Å². The molecule has 15 heavy (non-hydrogen) atoms. The Labute approximate surface area is 89.8 Å². The summed E-state index contributed by atoms with van der Waals surface area (Å²) in [7, 11) is 1.61. The molecule has 0 fully saturated rings. The minimum absolute atomic E-state index is 0.257. The van der Waals surface area contributed by atoms with E-state index in [-0.39, 0.29) is 6.04 Å². The number of carbonyl (C=O) groups is 1. The van der Waals surface area contributed by atoms with Crippen LogP contribution in [0.3, 0.4) is 0 Å². The van der Waals surface area contributed by atoms with E-state index in [0.717, 1.165) is 0 Å². The maximum atomic E-state index is 11.5. The highest BCUT2D eigenvalue weighted by atomic mass is 16.6. The molecule has 1 unspecified atom stereocenters. The monoisotopic (exact) mass is 214 g/mol. The molecule has 86 valence electrons. The molecule has 6 nitrogen and oxygen atoms in total. The average molecular weight is 214 g/mol. The lowest BCUT2D eigenvalue weighted by Crippen LogP contribution is -2.37. The van der Waals surface area contributed by atoms with Gasteiger partial charge in [-0.2, -0.15) is 0 Å². The van der Waals surface area contributed by atoms with Gasteiger partial charge in [0.1, 0.15) is 5.60 Å². The minimum Gasteiger partial charge on any atom is -0.444 e.